The van der Waals surface area contributed by atoms with E-state index < -0.39 is 0 Å². The third kappa shape index (κ3) is 11.7. The van der Waals surface area contributed by atoms with Crippen LogP contribution in [0.1, 0.15) is 142 Å². The lowest BCUT2D eigenvalue weighted by Crippen LogP contribution is -2.23. The van der Waals surface area contributed by atoms with E-state index in [1.807, 2.05) is 36.4 Å². The number of hydrogen-bond donors (Lipinski definition) is 4. The van der Waals surface area contributed by atoms with Crippen molar-refractivity contribution in [2.24, 2.45) is 0 Å². The summed E-state index contributed by atoms with van der Waals surface area (Å²) in [7, 11) is 0. The Labute approximate surface area is 278 Å². The zero-order chi connectivity index (χ0) is 35.1. The number of rotatable bonds is 11. The molecule has 0 aliphatic carbocycles. The molecule has 6 heteroatoms. The van der Waals surface area contributed by atoms with Gasteiger partial charge in [0.2, 0.25) is 11.8 Å². The SMILES string of the molecule is CC(C)(C)c1cc(C=CC(=O)NCCCCCCNC(=O)C=Cc2cc(C(C)(C)C)c(O)c(C(C)(C)C)c2)cc(C(C)(C)C)c1O. The van der Waals surface area contributed by atoms with Gasteiger partial charge in [-0.05, 0) is 82.0 Å². The van der Waals surface area contributed by atoms with Gasteiger partial charge in [-0.25, -0.2) is 0 Å². The second-order valence-corrected chi connectivity index (χ2v) is 16.6. The van der Waals surface area contributed by atoms with Crippen LogP contribution in [0.5, 0.6) is 11.5 Å². The fourth-order valence-electron chi connectivity index (χ4n) is 5.28. The first kappa shape index (κ1) is 38.6. The van der Waals surface area contributed by atoms with Crippen molar-refractivity contribution in [2.75, 3.05) is 13.1 Å². The Kier molecular flexibility index (Phi) is 12.9. The summed E-state index contributed by atoms with van der Waals surface area (Å²) in [4.78, 5) is 24.9. The van der Waals surface area contributed by atoms with Crippen LogP contribution in [-0.4, -0.2) is 35.1 Å². The zero-order valence-electron chi connectivity index (χ0n) is 30.6. The standard InChI is InChI=1S/C40H60N2O4/c1-37(2,3)29-23-27(24-30(35(29)45)38(4,5)6)17-19-33(43)41-21-15-13-14-16-22-42-34(44)20-18-28-25-31(39(7,8)9)36(46)32(26-28)40(10,11)12/h17-20,23-26,45-46H,13-16,21-22H2,1-12H3,(H,41,43)(H,42,44). The van der Waals surface area contributed by atoms with Gasteiger partial charge in [-0.15, -0.1) is 0 Å². The van der Waals surface area contributed by atoms with Gasteiger partial charge >= 0.3 is 0 Å². The summed E-state index contributed by atoms with van der Waals surface area (Å²) in [6.45, 7) is 26.1. The number of unbranched alkanes of at least 4 members (excludes halogenated alkanes) is 3. The maximum absolute atomic E-state index is 12.5. The van der Waals surface area contributed by atoms with E-state index in [0.717, 1.165) is 59.1 Å². The molecule has 0 atom stereocenters. The van der Waals surface area contributed by atoms with Gasteiger partial charge in [-0.1, -0.05) is 95.9 Å². The second kappa shape index (κ2) is 15.4. The average Bonchev–Trinajstić information content (AvgIpc) is 2.90. The fourth-order valence-corrected chi connectivity index (χ4v) is 5.28. The van der Waals surface area contributed by atoms with Crippen molar-refractivity contribution in [1.82, 2.24) is 10.6 Å². The first-order valence-electron chi connectivity index (χ1n) is 16.7. The maximum Gasteiger partial charge on any atom is 0.243 e. The molecule has 6 nitrogen and oxygen atoms in total. The molecule has 0 fully saturated rings. The van der Waals surface area contributed by atoms with Crippen LogP contribution in [0.2, 0.25) is 0 Å². The van der Waals surface area contributed by atoms with Gasteiger partial charge in [-0.2, -0.15) is 0 Å². The number of aromatic hydroxyl groups is 2. The van der Waals surface area contributed by atoms with Gasteiger partial charge in [0, 0.05) is 47.5 Å². The van der Waals surface area contributed by atoms with Crippen molar-refractivity contribution in [2.45, 2.75) is 130 Å². The Bertz CT molecular complexity index is 1240. The first-order valence-corrected chi connectivity index (χ1v) is 16.7. The minimum absolute atomic E-state index is 0.139. The third-order valence-electron chi connectivity index (χ3n) is 8.05. The topological polar surface area (TPSA) is 98.7 Å². The van der Waals surface area contributed by atoms with Crippen LogP contribution >= 0.6 is 0 Å². The summed E-state index contributed by atoms with van der Waals surface area (Å²) in [6, 6.07) is 7.84. The van der Waals surface area contributed by atoms with Crippen molar-refractivity contribution in [3.05, 3.63) is 69.8 Å². The highest BCUT2D eigenvalue weighted by molar-refractivity contribution is 5.92. The van der Waals surface area contributed by atoms with Gasteiger partial charge in [0.1, 0.15) is 11.5 Å². The molecule has 4 N–H and O–H groups in total. The van der Waals surface area contributed by atoms with Crippen LogP contribution < -0.4 is 10.6 Å². The summed E-state index contributed by atoms with van der Waals surface area (Å²) >= 11 is 0. The fraction of sp³-hybridized carbons (Fsp3) is 0.550. The lowest BCUT2D eigenvalue weighted by molar-refractivity contribution is -0.117. The third-order valence-corrected chi connectivity index (χ3v) is 8.05. The first-order chi connectivity index (χ1) is 21.0. The quantitative estimate of drug-likeness (QED) is 0.147. The number of nitrogens with one attached hydrogen (secondary N) is 2. The Balaban J connectivity index is 1.80. The Morgan fingerprint density at radius 3 is 1.02 bits per heavy atom. The Morgan fingerprint density at radius 1 is 0.522 bits per heavy atom. The molecular formula is C40H60N2O4. The van der Waals surface area contributed by atoms with Crippen LogP contribution in [-0.2, 0) is 31.2 Å². The number of carbonyl (C=O) groups is 2. The molecule has 2 aromatic carbocycles. The van der Waals surface area contributed by atoms with E-state index in [9.17, 15) is 19.8 Å². The Morgan fingerprint density at radius 2 is 0.783 bits per heavy atom. The highest BCUT2D eigenvalue weighted by Gasteiger charge is 2.27. The number of benzene rings is 2. The van der Waals surface area contributed by atoms with Crippen molar-refractivity contribution in [3.8, 4) is 11.5 Å². The molecule has 254 valence electrons. The molecule has 0 spiro atoms. The molecule has 0 aliphatic heterocycles. The molecule has 0 unspecified atom stereocenters. The normalized spacial score (nSPS) is 13.0. The zero-order valence-corrected chi connectivity index (χ0v) is 30.6. The van der Waals surface area contributed by atoms with E-state index >= 15 is 0 Å². The molecule has 2 aromatic rings. The summed E-state index contributed by atoms with van der Waals surface area (Å²) in [6.07, 6.45) is 10.4. The molecule has 2 rings (SSSR count). The summed E-state index contributed by atoms with van der Waals surface area (Å²) in [5, 5.41) is 27.7. The van der Waals surface area contributed by atoms with Crippen LogP contribution in [0, 0.1) is 0 Å². The van der Waals surface area contributed by atoms with Crippen LogP contribution in [0.4, 0.5) is 0 Å². The minimum atomic E-state index is -0.226. The van der Waals surface area contributed by atoms with Gasteiger partial charge in [0.05, 0.1) is 0 Å². The van der Waals surface area contributed by atoms with Crippen molar-refractivity contribution in [3.63, 3.8) is 0 Å². The van der Waals surface area contributed by atoms with Gasteiger partial charge in [-0.3, -0.25) is 9.59 Å². The molecule has 0 bridgehead atoms. The predicted octanol–water partition coefficient (Wildman–Crippen LogP) is 8.81. The van der Waals surface area contributed by atoms with E-state index in [-0.39, 0.29) is 33.5 Å². The van der Waals surface area contributed by atoms with Crippen LogP contribution in [0.25, 0.3) is 12.2 Å². The number of phenols is 2. The van der Waals surface area contributed by atoms with E-state index in [0.29, 0.717) is 24.6 Å². The molecule has 0 aliphatic rings. The van der Waals surface area contributed by atoms with Crippen molar-refractivity contribution in [1.29, 1.82) is 0 Å². The molecule has 0 saturated heterocycles. The molecule has 2 amide bonds. The average molecular weight is 633 g/mol. The molecule has 0 radical (unpaired) electrons. The molecule has 0 heterocycles. The Hall–Kier alpha value is -3.54. The summed E-state index contributed by atoms with van der Waals surface area (Å²) in [5.41, 5.74) is 4.37. The number of phenolic OH excluding ortho intramolecular Hbond substituents is 2. The van der Waals surface area contributed by atoms with E-state index in [4.69, 9.17) is 0 Å². The summed E-state index contributed by atoms with van der Waals surface area (Å²) in [5.74, 6) is 0.381. The number of carbonyl (C=O) groups excluding carboxylic acids is 2. The van der Waals surface area contributed by atoms with Gasteiger partial charge in [0.25, 0.3) is 0 Å². The van der Waals surface area contributed by atoms with E-state index in [1.54, 1.807) is 12.2 Å². The van der Waals surface area contributed by atoms with Gasteiger partial charge in [0.15, 0.2) is 0 Å². The lowest BCUT2D eigenvalue weighted by atomic mass is 9.78. The molecule has 46 heavy (non-hydrogen) atoms. The highest BCUT2D eigenvalue weighted by atomic mass is 16.3. The van der Waals surface area contributed by atoms with E-state index in [1.165, 1.54) is 0 Å². The highest BCUT2D eigenvalue weighted by Crippen LogP contribution is 2.41. The number of amides is 2. The molecule has 0 aromatic heterocycles. The van der Waals surface area contributed by atoms with Crippen LogP contribution in [0.15, 0.2) is 36.4 Å². The van der Waals surface area contributed by atoms with Crippen molar-refractivity contribution >= 4 is 24.0 Å². The van der Waals surface area contributed by atoms with Crippen LogP contribution in [0.3, 0.4) is 0 Å². The number of hydrogen-bond acceptors (Lipinski definition) is 4. The largest absolute Gasteiger partial charge is 0.507 e. The lowest BCUT2D eigenvalue weighted by Gasteiger charge is -2.27. The maximum atomic E-state index is 12.5. The molecule has 0 saturated carbocycles. The smallest absolute Gasteiger partial charge is 0.243 e. The van der Waals surface area contributed by atoms with Crippen molar-refractivity contribution < 1.29 is 19.8 Å². The molecular weight excluding hydrogens is 572 g/mol. The van der Waals surface area contributed by atoms with Gasteiger partial charge < -0.3 is 20.8 Å². The summed E-state index contributed by atoms with van der Waals surface area (Å²) < 4.78 is 0. The minimum Gasteiger partial charge on any atom is -0.507 e. The predicted molar refractivity (Wildman–Crippen MR) is 194 cm³/mol. The monoisotopic (exact) mass is 632 g/mol. The van der Waals surface area contributed by atoms with E-state index in [2.05, 4.69) is 93.7 Å². The second-order valence-electron chi connectivity index (χ2n) is 16.6.